The first-order chi connectivity index (χ1) is 7.99. The molecule has 0 heterocycles. The van der Waals surface area contributed by atoms with E-state index in [0.717, 1.165) is 6.07 Å². The smallest absolute Gasteiger partial charge is 0.329 e. The number of nitrogens with zero attached hydrogens (tertiary/aromatic N) is 1. The maximum absolute atomic E-state index is 12.7. The predicted molar refractivity (Wildman–Crippen MR) is 61.4 cm³/mol. The number of hydrogen-bond acceptors (Lipinski definition) is 2. The molecule has 0 aliphatic carbocycles. The fraction of sp³-hybridized carbons (Fsp3) is 0.500. The summed E-state index contributed by atoms with van der Waals surface area (Å²) in [6.07, 6.45) is -4.29. The van der Waals surface area contributed by atoms with Crippen LogP contribution in [-0.2, 0) is 12.7 Å². The lowest BCUT2D eigenvalue weighted by molar-refractivity contribution is -0.138. The lowest BCUT2D eigenvalue weighted by Crippen LogP contribution is -2.29. The Labute approximate surface area is 99.2 Å². The highest BCUT2D eigenvalue weighted by Gasteiger charge is 2.32. The summed E-state index contributed by atoms with van der Waals surface area (Å²) in [5, 5.41) is 0. The molecule has 0 aliphatic heterocycles. The minimum Gasteiger partial charge on any atom is -0.329 e. The molecule has 17 heavy (non-hydrogen) atoms. The van der Waals surface area contributed by atoms with Crippen molar-refractivity contribution in [2.24, 2.45) is 5.73 Å². The van der Waals surface area contributed by atoms with Crippen LogP contribution >= 0.6 is 0 Å². The Kier molecular flexibility index (Phi) is 4.96. The van der Waals surface area contributed by atoms with Gasteiger partial charge in [0.2, 0.25) is 0 Å². The molecular formula is C12H17F3N2. The Balaban J connectivity index is 2.90. The normalized spacial score (nSPS) is 12.1. The van der Waals surface area contributed by atoms with E-state index in [9.17, 15) is 13.2 Å². The standard InChI is InChI=1S/C12H17F3N2/c1-2-17(8-7-16)9-10-5-3-4-6-11(10)12(13,14)15/h3-6H,2,7-9,16H2,1H3. The summed E-state index contributed by atoms with van der Waals surface area (Å²) in [6.45, 7) is 3.92. The van der Waals surface area contributed by atoms with E-state index >= 15 is 0 Å². The molecule has 2 N–H and O–H groups in total. The molecule has 0 aromatic heterocycles. The van der Waals surface area contributed by atoms with E-state index in [1.54, 1.807) is 6.07 Å². The number of benzene rings is 1. The van der Waals surface area contributed by atoms with Crippen LogP contribution in [0.3, 0.4) is 0 Å². The van der Waals surface area contributed by atoms with Crippen molar-refractivity contribution in [3.8, 4) is 0 Å². The molecule has 1 rings (SSSR count). The summed E-state index contributed by atoms with van der Waals surface area (Å²) in [4.78, 5) is 1.89. The average molecular weight is 246 g/mol. The van der Waals surface area contributed by atoms with Gasteiger partial charge in [0.05, 0.1) is 5.56 Å². The monoisotopic (exact) mass is 246 g/mol. The summed E-state index contributed by atoms with van der Waals surface area (Å²) in [6, 6.07) is 5.67. The summed E-state index contributed by atoms with van der Waals surface area (Å²) >= 11 is 0. The predicted octanol–water partition coefficient (Wildman–Crippen LogP) is 2.49. The third-order valence-electron chi connectivity index (χ3n) is 2.61. The van der Waals surface area contributed by atoms with Gasteiger partial charge in [-0.05, 0) is 18.2 Å². The summed E-state index contributed by atoms with van der Waals surface area (Å²) in [5.74, 6) is 0. The second-order valence-electron chi connectivity index (χ2n) is 3.81. The maximum Gasteiger partial charge on any atom is 0.416 e. The number of rotatable bonds is 5. The van der Waals surface area contributed by atoms with Crippen LogP contribution in [0.2, 0.25) is 0 Å². The molecule has 0 bridgehead atoms. The van der Waals surface area contributed by atoms with Crippen LogP contribution in [-0.4, -0.2) is 24.5 Å². The van der Waals surface area contributed by atoms with Crippen molar-refractivity contribution in [1.82, 2.24) is 4.90 Å². The van der Waals surface area contributed by atoms with E-state index in [1.165, 1.54) is 12.1 Å². The molecule has 1 aromatic carbocycles. The lowest BCUT2D eigenvalue weighted by Gasteiger charge is -2.21. The SMILES string of the molecule is CCN(CCN)Cc1ccccc1C(F)(F)F. The van der Waals surface area contributed by atoms with Gasteiger partial charge in [0.15, 0.2) is 0 Å². The highest BCUT2D eigenvalue weighted by atomic mass is 19.4. The van der Waals surface area contributed by atoms with Crippen LogP contribution in [0.4, 0.5) is 13.2 Å². The summed E-state index contributed by atoms with van der Waals surface area (Å²) < 4.78 is 38.2. The Hall–Kier alpha value is -1.07. The van der Waals surface area contributed by atoms with Gasteiger partial charge in [-0.25, -0.2) is 0 Å². The number of nitrogens with two attached hydrogens (primary N) is 1. The first-order valence-electron chi connectivity index (χ1n) is 5.56. The minimum atomic E-state index is -4.29. The quantitative estimate of drug-likeness (QED) is 0.864. The van der Waals surface area contributed by atoms with Crippen molar-refractivity contribution in [1.29, 1.82) is 0 Å². The highest BCUT2D eigenvalue weighted by Crippen LogP contribution is 2.32. The van der Waals surface area contributed by atoms with Gasteiger partial charge in [-0.1, -0.05) is 25.1 Å². The number of hydrogen-bond donors (Lipinski definition) is 1. The zero-order valence-electron chi connectivity index (χ0n) is 9.80. The van der Waals surface area contributed by atoms with E-state index < -0.39 is 11.7 Å². The molecule has 0 spiro atoms. The third-order valence-corrected chi connectivity index (χ3v) is 2.61. The summed E-state index contributed by atoms with van der Waals surface area (Å²) in [5.41, 5.74) is 5.16. The topological polar surface area (TPSA) is 29.3 Å². The first-order valence-corrected chi connectivity index (χ1v) is 5.56. The van der Waals surface area contributed by atoms with Crippen LogP contribution in [0.25, 0.3) is 0 Å². The van der Waals surface area contributed by atoms with Gasteiger partial charge in [0, 0.05) is 19.6 Å². The van der Waals surface area contributed by atoms with Crippen molar-refractivity contribution >= 4 is 0 Å². The minimum absolute atomic E-state index is 0.281. The number of halogens is 3. The van der Waals surface area contributed by atoms with Gasteiger partial charge in [-0.15, -0.1) is 0 Å². The van der Waals surface area contributed by atoms with Gasteiger partial charge >= 0.3 is 6.18 Å². The largest absolute Gasteiger partial charge is 0.416 e. The molecule has 0 atom stereocenters. The van der Waals surface area contributed by atoms with Crippen molar-refractivity contribution in [2.75, 3.05) is 19.6 Å². The first kappa shape index (κ1) is 14.0. The maximum atomic E-state index is 12.7. The van der Waals surface area contributed by atoms with E-state index in [1.807, 2.05) is 11.8 Å². The Morgan fingerprint density at radius 1 is 1.24 bits per heavy atom. The molecule has 2 nitrogen and oxygen atoms in total. The molecular weight excluding hydrogens is 229 g/mol. The number of alkyl halides is 3. The zero-order chi connectivity index (χ0) is 12.9. The molecule has 5 heteroatoms. The fourth-order valence-electron chi connectivity index (χ4n) is 1.71. The molecule has 0 aliphatic rings. The second kappa shape index (κ2) is 6.02. The molecule has 0 fully saturated rings. The van der Waals surface area contributed by atoms with Crippen molar-refractivity contribution in [2.45, 2.75) is 19.6 Å². The fourth-order valence-corrected chi connectivity index (χ4v) is 1.71. The molecule has 1 aromatic rings. The molecule has 0 unspecified atom stereocenters. The highest BCUT2D eigenvalue weighted by molar-refractivity contribution is 5.29. The molecule has 0 amide bonds. The Morgan fingerprint density at radius 2 is 1.88 bits per heavy atom. The van der Waals surface area contributed by atoms with Gasteiger partial charge in [-0.2, -0.15) is 13.2 Å². The van der Waals surface area contributed by atoms with Crippen molar-refractivity contribution < 1.29 is 13.2 Å². The average Bonchev–Trinajstić information content (AvgIpc) is 2.27. The number of likely N-dealkylation sites (N-methyl/N-ethyl adjacent to an activating group) is 1. The van der Waals surface area contributed by atoms with Gasteiger partial charge in [0.1, 0.15) is 0 Å². The van der Waals surface area contributed by atoms with Gasteiger partial charge < -0.3 is 5.73 Å². The van der Waals surface area contributed by atoms with Crippen LogP contribution in [0.1, 0.15) is 18.1 Å². The van der Waals surface area contributed by atoms with Gasteiger partial charge in [-0.3, -0.25) is 4.90 Å². The third kappa shape index (κ3) is 4.02. The van der Waals surface area contributed by atoms with Crippen molar-refractivity contribution in [3.05, 3.63) is 35.4 Å². The molecule has 0 saturated heterocycles. The van der Waals surface area contributed by atoms with Crippen LogP contribution in [0, 0.1) is 0 Å². The summed E-state index contributed by atoms with van der Waals surface area (Å²) in [7, 11) is 0. The second-order valence-corrected chi connectivity index (χ2v) is 3.81. The van der Waals surface area contributed by atoms with E-state index in [2.05, 4.69) is 0 Å². The van der Waals surface area contributed by atoms with Gasteiger partial charge in [0.25, 0.3) is 0 Å². The lowest BCUT2D eigenvalue weighted by atomic mass is 10.1. The zero-order valence-corrected chi connectivity index (χ0v) is 9.80. The van der Waals surface area contributed by atoms with E-state index in [0.29, 0.717) is 25.2 Å². The van der Waals surface area contributed by atoms with E-state index in [4.69, 9.17) is 5.73 Å². The van der Waals surface area contributed by atoms with E-state index in [-0.39, 0.29) is 6.54 Å². The van der Waals surface area contributed by atoms with Crippen molar-refractivity contribution in [3.63, 3.8) is 0 Å². The Bertz CT molecular complexity index is 350. The molecule has 0 radical (unpaired) electrons. The van der Waals surface area contributed by atoms with Crippen LogP contribution in [0.5, 0.6) is 0 Å². The molecule has 96 valence electrons. The Morgan fingerprint density at radius 3 is 2.41 bits per heavy atom. The van der Waals surface area contributed by atoms with Crippen LogP contribution in [0.15, 0.2) is 24.3 Å². The molecule has 0 saturated carbocycles. The van der Waals surface area contributed by atoms with Crippen LogP contribution < -0.4 is 5.73 Å².